The third kappa shape index (κ3) is 4.57. The molecule has 1 aliphatic rings. The number of nitrogens with one attached hydrogen (secondary N) is 2. The molecular formula is C18H19N5O4. The third-order valence-corrected chi connectivity index (χ3v) is 4.24. The van der Waals surface area contributed by atoms with Crippen LogP contribution in [-0.2, 0) is 9.59 Å². The van der Waals surface area contributed by atoms with Gasteiger partial charge in [0.2, 0.25) is 5.91 Å². The van der Waals surface area contributed by atoms with Crippen LogP contribution in [0.2, 0.25) is 0 Å². The van der Waals surface area contributed by atoms with E-state index in [1.165, 1.54) is 6.20 Å². The number of hydrogen-bond donors (Lipinski definition) is 4. The molecule has 9 heteroatoms. The first kappa shape index (κ1) is 18.3. The molecule has 1 aliphatic heterocycles. The maximum Gasteiger partial charge on any atom is 0.304 e. The summed E-state index contributed by atoms with van der Waals surface area (Å²) < 4.78 is 5.69. The standard InChI is InChI=1S/C18H19N5O4/c19-17(20)15-8-21-14(7-22-15)10-1-3-13(4-2-10)27-9-12-5-11(6-16(24)25)18(26)23-12/h1-4,7-8,11-12H,5-6,9H2,(H3,19,20)(H,23,26)(H,24,25)/t11-,12+/m1/s1. The SMILES string of the molecule is N=C(N)c1cnc(-c2ccc(OC[C@@H]3C[C@H](CC(=O)O)C(=O)N3)cc2)cn1. The van der Waals surface area contributed by atoms with E-state index in [4.69, 9.17) is 21.0 Å². The second-order valence-corrected chi connectivity index (χ2v) is 6.27. The second kappa shape index (κ2) is 7.81. The van der Waals surface area contributed by atoms with Crippen molar-refractivity contribution < 1.29 is 19.4 Å². The summed E-state index contributed by atoms with van der Waals surface area (Å²) >= 11 is 0. The molecule has 9 nitrogen and oxygen atoms in total. The van der Waals surface area contributed by atoms with Crippen molar-refractivity contribution in [1.82, 2.24) is 15.3 Å². The summed E-state index contributed by atoms with van der Waals surface area (Å²) in [5.74, 6) is -1.24. The van der Waals surface area contributed by atoms with Gasteiger partial charge in [0, 0.05) is 5.56 Å². The van der Waals surface area contributed by atoms with Crippen LogP contribution < -0.4 is 15.8 Å². The van der Waals surface area contributed by atoms with Gasteiger partial charge in [-0.05, 0) is 30.7 Å². The van der Waals surface area contributed by atoms with Crippen molar-refractivity contribution in [2.75, 3.05) is 6.61 Å². The third-order valence-electron chi connectivity index (χ3n) is 4.24. The van der Waals surface area contributed by atoms with E-state index in [9.17, 15) is 9.59 Å². The number of aromatic nitrogens is 2. The van der Waals surface area contributed by atoms with Crippen molar-refractivity contribution in [3.05, 3.63) is 42.4 Å². The van der Waals surface area contributed by atoms with Gasteiger partial charge in [-0.25, -0.2) is 4.98 Å². The van der Waals surface area contributed by atoms with Gasteiger partial charge in [-0.1, -0.05) is 0 Å². The summed E-state index contributed by atoms with van der Waals surface area (Å²) in [4.78, 5) is 30.8. The van der Waals surface area contributed by atoms with E-state index in [0.717, 1.165) is 5.56 Å². The van der Waals surface area contributed by atoms with Crippen LogP contribution in [-0.4, -0.2) is 45.4 Å². The summed E-state index contributed by atoms with van der Waals surface area (Å²) in [6, 6.07) is 7.01. The van der Waals surface area contributed by atoms with Gasteiger partial charge >= 0.3 is 5.97 Å². The maximum absolute atomic E-state index is 11.7. The first-order valence-electron chi connectivity index (χ1n) is 8.34. The fourth-order valence-electron chi connectivity index (χ4n) is 2.86. The molecule has 2 aromatic rings. The van der Waals surface area contributed by atoms with Gasteiger partial charge in [0.05, 0.1) is 36.5 Å². The lowest BCUT2D eigenvalue weighted by molar-refractivity contribution is -0.140. The molecule has 1 fully saturated rings. The minimum absolute atomic E-state index is 0.137. The number of amidine groups is 1. The molecule has 1 aromatic carbocycles. The number of aliphatic carboxylic acids is 1. The van der Waals surface area contributed by atoms with E-state index in [1.807, 2.05) is 12.1 Å². The van der Waals surface area contributed by atoms with E-state index in [-0.39, 0.29) is 30.8 Å². The number of nitrogen functional groups attached to an aromatic ring is 1. The number of carboxylic acids is 1. The molecule has 1 saturated heterocycles. The van der Waals surface area contributed by atoms with E-state index in [0.29, 0.717) is 23.6 Å². The monoisotopic (exact) mass is 369 g/mol. The highest BCUT2D eigenvalue weighted by molar-refractivity contribution is 5.92. The minimum Gasteiger partial charge on any atom is -0.491 e. The van der Waals surface area contributed by atoms with Crippen LogP contribution in [0, 0.1) is 11.3 Å². The molecular weight excluding hydrogens is 350 g/mol. The Labute approximate surface area is 155 Å². The summed E-state index contributed by atoms with van der Waals surface area (Å²) in [7, 11) is 0. The second-order valence-electron chi connectivity index (χ2n) is 6.27. The highest BCUT2D eigenvalue weighted by Crippen LogP contribution is 2.22. The van der Waals surface area contributed by atoms with Crippen LogP contribution in [0.5, 0.6) is 5.75 Å². The molecule has 5 N–H and O–H groups in total. The Bertz CT molecular complexity index is 851. The van der Waals surface area contributed by atoms with E-state index in [1.54, 1.807) is 18.3 Å². The number of carbonyl (C=O) groups excluding carboxylic acids is 1. The highest BCUT2D eigenvalue weighted by atomic mass is 16.5. The summed E-state index contributed by atoms with van der Waals surface area (Å²) in [5.41, 5.74) is 7.15. The number of amides is 1. The zero-order valence-corrected chi connectivity index (χ0v) is 14.4. The van der Waals surface area contributed by atoms with E-state index in [2.05, 4.69) is 15.3 Å². The van der Waals surface area contributed by atoms with Crippen LogP contribution >= 0.6 is 0 Å². The Morgan fingerprint density at radius 1 is 1.30 bits per heavy atom. The topological polar surface area (TPSA) is 151 Å². The molecule has 1 aromatic heterocycles. The molecule has 1 amide bonds. The van der Waals surface area contributed by atoms with Crippen molar-refractivity contribution in [3.8, 4) is 17.0 Å². The number of rotatable bonds is 7. The lowest BCUT2D eigenvalue weighted by Crippen LogP contribution is -2.31. The molecule has 140 valence electrons. The Morgan fingerprint density at radius 3 is 2.63 bits per heavy atom. The van der Waals surface area contributed by atoms with Crippen molar-refractivity contribution in [1.29, 1.82) is 5.41 Å². The van der Waals surface area contributed by atoms with Crippen LogP contribution in [0.15, 0.2) is 36.7 Å². The normalized spacial score (nSPS) is 18.7. The largest absolute Gasteiger partial charge is 0.491 e. The number of carbonyl (C=O) groups is 2. The summed E-state index contributed by atoms with van der Waals surface area (Å²) in [6.07, 6.45) is 3.27. The van der Waals surface area contributed by atoms with Crippen LogP contribution in [0.25, 0.3) is 11.3 Å². The Morgan fingerprint density at radius 2 is 2.04 bits per heavy atom. The molecule has 27 heavy (non-hydrogen) atoms. The van der Waals surface area contributed by atoms with Gasteiger partial charge in [0.15, 0.2) is 0 Å². The van der Waals surface area contributed by atoms with E-state index < -0.39 is 11.9 Å². The highest BCUT2D eigenvalue weighted by Gasteiger charge is 2.33. The number of benzene rings is 1. The lowest BCUT2D eigenvalue weighted by Gasteiger charge is -2.12. The Kier molecular flexibility index (Phi) is 5.30. The van der Waals surface area contributed by atoms with Gasteiger partial charge in [0.25, 0.3) is 0 Å². The fourth-order valence-corrected chi connectivity index (χ4v) is 2.86. The van der Waals surface area contributed by atoms with Gasteiger partial charge in [0.1, 0.15) is 23.9 Å². The van der Waals surface area contributed by atoms with Crippen molar-refractivity contribution in [2.24, 2.45) is 11.7 Å². The predicted molar refractivity (Wildman–Crippen MR) is 96.3 cm³/mol. The lowest BCUT2D eigenvalue weighted by atomic mass is 10.0. The molecule has 0 bridgehead atoms. The number of ether oxygens (including phenoxy) is 1. The average Bonchev–Trinajstić information content (AvgIpc) is 2.99. The number of carboxylic acid groups (broad SMARTS) is 1. The smallest absolute Gasteiger partial charge is 0.304 e. The van der Waals surface area contributed by atoms with Crippen LogP contribution in [0.1, 0.15) is 18.5 Å². The molecule has 2 atom stereocenters. The zero-order chi connectivity index (χ0) is 19.4. The molecule has 0 radical (unpaired) electrons. The quantitative estimate of drug-likeness (QED) is 0.416. The van der Waals surface area contributed by atoms with Crippen LogP contribution in [0.3, 0.4) is 0 Å². The van der Waals surface area contributed by atoms with Gasteiger partial charge in [-0.2, -0.15) is 0 Å². The first-order valence-corrected chi connectivity index (χ1v) is 8.34. The number of hydrogen-bond acceptors (Lipinski definition) is 6. The molecule has 0 aliphatic carbocycles. The molecule has 0 spiro atoms. The molecule has 2 heterocycles. The number of nitrogens with zero attached hydrogens (tertiary/aromatic N) is 2. The summed E-state index contributed by atoms with van der Waals surface area (Å²) in [5, 5.41) is 18.9. The maximum atomic E-state index is 11.7. The average molecular weight is 369 g/mol. The van der Waals surface area contributed by atoms with Crippen molar-refractivity contribution in [2.45, 2.75) is 18.9 Å². The number of nitrogens with two attached hydrogens (primary N) is 1. The van der Waals surface area contributed by atoms with Gasteiger partial charge in [-0.3, -0.25) is 20.0 Å². The van der Waals surface area contributed by atoms with Gasteiger partial charge < -0.3 is 20.9 Å². The Hall–Kier alpha value is -3.49. The minimum atomic E-state index is -0.980. The van der Waals surface area contributed by atoms with Crippen molar-refractivity contribution in [3.63, 3.8) is 0 Å². The predicted octanol–water partition coefficient (Wildman–Crippen LogP) is 0.786. The molecule has 3 rings (SSSR count). The Balaban J connectivity index is 1.56. The zero-order valence-electron chi connectivity index (χ0n) is 14.4. The molecule has 0 unspecified atom stereocenters. The van der Waals surface area contributed by atoms with Crippen molar-refractivity contribution >= 4 is 17.7 Å². The van der Waals surface area contributed by atoms with E-state index >= 15 is 0 Å². The fraction of sp³-hybridized carbons (Fsp3) is 0.278. The first-order chi connectivity index (χ1) is 12.9. The summed E-state index contributed by atoms with van der Waals surface area (Å²) in [6.45, 7) is 0.272. The van der Waals surface area contributed by atoms with Gasteiger partial charge in [-0.15, -0.1) is 0 Å². The molecule has 0 saturated carbocycles. The van der Waals surface area contributed by atoms with Crippen LogP contribution in [0.4, 0.5) is 0 Å².